The van der Waals surface area contributed by atoms with Crippen LogP contribution in [0.5, 0.6) is 0 Å². The Bertz CT molecular complexity index is 1660. The number of rotatable bonds is 13. The maximum Gasteiger partial charge on any atom is 0.133 e. The van der Waals surface area contributed by atoms with Crippen molar-refractivity contribution in [1.29, 1.82) is 0 Å². The number of methoxy groups -OCH3 is 1. The SMILES string of the molecule is CC(=O)C1CCC2(C)OC2C1.CC(C)(O)C1CCC2(C)OC2C1.CCCCOCC(C)C1CCC2(C)OC2C1.CCOC(C)(C)C1CC2OC2(C)CC1C.COC(C)(C)C1CC2OC2(C)CC1C. The molecular weight excluding hydrogens is 857 g/mol. The van der Waals surface area contributed by atoms with E-state index in [4.69, 9.17) is 37.9 Å². The van der Waals surface area contributed by atoms with Crippen LogP contribution in [-0.4, -0.2) is 113 Å². The van der Waals surface area contributed by atoms with E-state index in [0.29, 0.717) is 71.8 Å². The number of fused-ring (bicyclic) bond motifs is 5. The van der Waals surface area contributed by atoms with Crippen LogP contribution in [-0.2, 0) is 42.7 Å². The molecule has 5 saturated heterocycles. The highest BCUT2D eigenvalue weighted by Gasteiger charge is 2.61. The molecule has 0 amide bonds. The van der Waals surface area contributed by atoms with Crippen LogP contribution < -0.4 is 0 Å². The molecule has 18 atom stereocenters. The average Bonchev–Trinajstić information content (AvgIpc) is 4.05. The first-order valence-electron chi connectivity index (χ1n) is 27.9. The molecule has 5 aliphatic heterocycles. The van der Waals surface area contributed by atoms with Crippen molar-refractivity contribution < 1.29 is 47.8 Å². The molecule has 0 bridgehead atoms. The average molecular weight is 961 g/mol. The molecule has 0 spiro atoms. The predicted octanol–water partition coefficient (Wildman–Crippen LogP) is 12.3. The molecular formula is C58H104O10. The summed E-state index contributed by atoms with van der Waals surface area (Å²) in [5, 5.41) is 9.81. The molecule has 0 aromatic rings. The number of aliphatic hydroxyl groups is 1. The highest BCUT2D eigenvalue weighted by Crippen LogP contribution is 2.56. The topological polar surface area (TPSA) is 128 Å². The van der Waals surface area contributed by atoms with E-state index in [1.54, 1.807) is 6.92 Å². The Morgan fingerprint density at radius 2 is 1.12 bits per heavy atom. The van der Waals surface area contributed by atoms with Gasteiger partial charge in [0, 0.05) is 32.8 Å². The molecule has 5 heterocycles. The Morgan fingerprint density at radius 3 is 1.56 bits per heavy atom. The van der Waals surface area contributed by atoms with Gasteiger partial charge < -0.3 is 43.0 Å². The van der Waals surface area contributed by atoms with Crippen LogP contribution in [0, 0.1) is 47.3 Å². The molecule has 396 valence electrons. The Kier molecular flexibility index (Phi) is 17.7. The van der Waals surface area contributed by atoms with Crippen molar-refractivity contribution in [3.8, 4) is 0 Å². The maximum absolute atomic E-state index is 11.0. The van der Waals surface area contributed by atoms with Gasteiger partial charge in [-0.3, -0.25) is 4.79 Å². The van der Waals surface area contributed by atoms with Gasteiger partial charge in [0.05, 0.1) is 75.3 Å². The third kappa shape index (κ3) is 13.9. The normalized spacial score (nSPS) is 45.0. The van der Waals surface area contributed by atoms with Gasteiger partial charge in [0.2, 0.25) is 0 Å². The summed E-state index contributed by atoms with van der Waals surface area (Å²) in [4.78, 5) is 11.0. The minimum atomic E-state index is -0.521. The molecule has 0 aromatic carbocycles. The molecule has 68 heavy (non-hydrogen) atoms. The van der Waals surface area contributed by atoms with E-state index in [1.807, 2.05) is 21.0 Å². The summed E-state index contributed by atoms with van der Waals surface area (Å²) in [7, 11) is 1.81. The minimum Gasteiger partial charge on any atom is -0.390 e. The van der Waals surface area contributed by atoms with E-state index in [9.17, 15) is 9.90 Å². The minimum absolute atomic E-state index is 0.00144. The first-order valence-corrected chi connectivity index (χ1v) is 27.9. The second-order valence-corrected chi connectivity index (χ2v) is 26.6. The molecule has 10 aliphatic rings. The van der Waals surface area contributed by atoms with Gasteiger partial charge >= 0.3 is 0 Å². The zero-order chi connectivity index (χ0) is 50.5. The van der Waals surface area contributed by atoms with Crippen molar-refractivity contribution in [3.63, 3.8) is 0 Å². The summed E-state index contributed by atoms with van der Waals surface area (Å²) < 4.78 is 45.6. The monoisotopic (exact) mass is 961 g/mol. The lowest BCUT2D eigenvalue weighted by Gasteiger charge is -2.40. The van der Waals surface area contributed by atoms with Crippen molar-refractivity contribution >= 4 is 5.78 Å². The number of hydrogen-bond acceptors (Lipinski definition) is 10. The highest BCUT2D eigenvalue weighted by molar-refractivity contribution is 5.78. The second kappa shape index (κ2) is 21.3. The van der Waals surface area contributed by atoms with Crippen LogP contribution in [0.2, 0.25) is 0 Å². The molecule has 18 unspecified atom stereocenters. The standard InChI is InChI=1S/C14H26O2.C13H24O2.C12H22O2.C10H18O2.C9H14O2/c1-4-5-8-15-10-11(2)12-6-7-14(3)13(9-12)16-14;1-6-14-12(3,4)10-7-11-13(5,15-11)8-9(10)2;1-8-7-12(4)10(14-12)6-9(8)11(2,3)13-5;1-9(2,11)7-4-5-10(3)8(6-7)12-10;1-6(10)7-3-4-9(2)8(5-7)11-9/h11-13H,4-10H2,1-3H3;9-11H,6-8H2,1-5H3;8-10H,6-7H2,1-5H3;7-8,11H,4-6H2,1-3H3;7-8H,3-5H2,1-2H3. The van der Waals surface area contributed by atoms with E-state index < -0.39 is 5.60 Å². The zero-order valence-electron chi connectivity index (χ0n) is 46.9. The number of epoxide rings is 5. The van der Waals surface area contributed by atoms with Crippen LogP contribution in [0.3, 0.4) is 0 Å². The third-order valence-electron chi connectivity index (χ3n) is 19.7. The number of hydrogen-bond donors (Lipinski definition) is 1. The zero-order valence-corrected chi connectivity index (χ0v) is 46.9. The fourth-order valence-electron chi connectivity index (χ4n) is 13.7. The number of unbranched alkanes of at least 4 members (excludes halogenated alkanes) is 1. The quantitative estimate of drug-likeness (QED) is 0.141. The first-order chi connectivity index (χ1) is 31.5. The number of ether oxygens (including phenoxy) is 8. The lowest BCUT2D eigenvalue weighted by atomic mass is 9.69. The van der Waals surface area contributed by atoms with Gasteiger partial charge in [-0.25, -0.2) is 0 Å². The third-order valence-corrected chi connectivity index (χ3v) is 19.7. The van der Waals surface area contributed by atoms with Crippen LogP contribution >= 0.6 is 0 Å². The van der Waals surface area contributed by atoms with Crippen LogP contribution in [0.25, 0.3) is 0 Å². The van der Waals surface area contributed by atoms with Crippen molar-refractivity contribution in [2.75, 3.05) is 26.9 Å². The van der Waals surface area contributed by atoms with Crippen molar-refractivity contribution in [2.45, 2.75) is 289 Å². The van der Waals surface area contributed by atoms with Gasteiger partial charge in [0.25, 0.3) is 0 Å². The molecule has 0 aromatic heterocycles. The molecule has 10 fully saturated rings. The van der Waals surface area contributed by atoms with Gasteiger partial charge in [-0.05, 0) is 221 Å². The Labute approximate surface area is 415 Å². The summed E-state index contributed by atoms with van der Waals surface area (Å²) in [6.07, 6.45) is 19.7. The molecule has 10 nitrogen and oxygen atoms in total. The maximum atomic E-state index is 11.0. The largest absolute Gasteiger partial charge is 0.390 e. The van der Waals surface area contributed by atoms with Gasteiger partial charge in [0.1, 0.15) is 5.78 Å². The van der Waals surface area contributed by atoms with Crippen molar-refractivity contribution in [3.05, 3.63) is 0 Å². The summed E-state index contributed by atoms with van der Waals surface area (Å²) in [5.74, 6) is 5.25. The van der Waals surface area contributed by atoms with Crippen LogP contribution in [0.15, 0.2) is 0 Å². The molecule has 5 saturated carbocycles. The van der Waals surface area contributed by atoms with Gasteiger partial charge in [0.15, 0.2) is 0 Å². The smallest absolute Gasteiger partial charge is 0.133 e. The van der Waals surface area contributed by atoms with Gasteiger partial charge in [-0.2, -0.15) is 0 Å². The fourth-order valence-corrected chi connectivity index (χ4v) is 13.7. The van der Waals surface area contributed by atoms with Crippen LogP contribution in [0.4, 0.5) is 0 Å². The molecule has 0 radical (unpaired) electrons. The predicted molar refractivity (Wildman–Crippen MR) is 271 cm³/mol. The number of carbonyl (C=O) groups excluding carboxylic acids is 1. The first kappa shape index (κ1) is 56.6. The Balaban J connectivity index is 0.000000141. The van der Waals surface area contributed by atoms with Crippen LogP contribution in [0.1, 0.15) is 214 Å². The summed E-state index contributed by atoms with van der Waals surface area (Å²) in [6, 6.07) is 0. The molecule has 10 heteroatoms. The summed E-state index contributed by atoms with van der Waals surface area (Å²) >= 11 is 0. The van der Waals surface area contributed by atoms with E-state index in [0.717, 1.165) is 64.3 Å². The van der Waals surface area contributed by atoms with Gasteiger partial charge in [-0.15, -0.1) is 0 Å². The second-order valence-electron chi connectivity index (χ2n) is 26.6. The van der Waals surface area contributed by atoms with E-state index in [2.05, 4.69) is 96.9 Å². The lowest BCUT2D eigenvalue weighted by Crippen LogP contribution is -2.43. The summed E-state index contributed by atoms with van der Waals surface area (Å²) in [6.45, 7) is 39.4. The van der Waals surface area contributed by atoms with E-state index >= 15 is 0 Å². The Hall–Kier alpha value is -0.690. The van der Waals surface area contributed by atoms with Crippen molar-refractivity contribution in [1.82, 2.24) is 0 Å². The molecule has 1 N–H and O–H groups in total. The highest BCUT2D eigenvalue weighted by atomic mass is 16.6. The number of carbonyl (C=O) groups is 1. The lowest BCUT2D eigenvalue weighted by molar-refractivity contribution is -0.121. The van der Waals surface area contributed by atoms with Crippen molar-refractivity contribution in [2.24, 2.45) is 47.3 Å². The van der Waals surface area contributed by atoms with E-state index in [-0.39, 0.29) is 45.1 Å². The number of Topliss-reactive ketones (excluding diaryl/α,β-unsaturated/α-hetero) is 1. The van der Waals surface area contributed by atoms with E-state index in [1.165, 1.54) is 57.8 Å². The molecule has 10 rings (SSSR count). The summed E-state index contributed by atoms with van der Waals surface area (Å²) in [5.41, 5.74) is 0.492. The van der Waals surface area contributed by atoms with Gasteiger partial charge in [-0.1, -0.05) is 34.1 Å². The number of ketones is 1. The fraction of sp³-hybridized carbons (Fsp3) is 0.983. The molecule has 5 aliphatic carbocycles. The Morgan fingerprint density at radius 1 is 0.662 bits per heavy atom.